The number of aliphatic hydroxyl groups is 1. The number of anilines is 1. The molecule has 1 saturated carbocycles. The minimum Gasteiger partial charge on any atom is -0.375 e. The van der Waals surface area contributed by atoms with Gasteiger partial charge in [-0.25, -0.2) is 0 Å². The molecule has 0 unspecified atom stereocenters. The summed E-state index contributed by atoms with van der Waals surface area (Å²) in [6.45, 7) is 1.48. The number of hydrogen-bond acceptors (Lipinski definition) is 3. The number of para-hydroxylation sites is 1. The maximum Gasteiger partial charge on any atom is 0.224 e. The van der Waals surface area contributed by atoms with E-state index in [2.05, 4.69) is 15.9 Å². The Morgan fingerprint density at radius 3 is 2.54 bits per heavy atom. The molecule has 1 aliphatic heterocycles. The second-order valence-corrected chi connectivity index (χ2v) is 7.32. The van der Waals surface area contributed by atoms with Gasteiger partial charge in [-0.15, -0.1) is 0 Å². The summed E-state index contributed by atoms with van der Waals surface area (Å²) in [7, 11) is 0. The molecule has 0 radical (unpaired) electrons. The highest BCUT2D eigenvalue weighted by molar-refractivity contribution is 9.10. The number of fused-ring (bicyclic) bond motifs is 3. The third-order valence-electron chi connectivity index (χ3n) is 5.13. The topological polar surface area (TPSA) is 57.6 Å². The Labute approximate surface area is 148 Å². The molecular weight excluding hydrogens is 370 g/mol. The largest absolute Gasteiger partial charge is 0.375 e. The first-order valence-corrected chi connectivity index (χ1v) is 8.64. The Morgan fingerprint density at radius 2 is 1.88 bits per heavy atom. The van der Waals surface area contributed by atoms with Crippen LogP contribution < -0.4 is 4.90 Å². The number of hydrogen-bond donors (Lipinski definition) is 1. The van der Waals surface area contributed by atoms with Crippen LogP contribution in [0.1, 0.15) is 30.4 Å². The van der Waals surface area contributed by atoms with Gasteiger partial charge in [0.25, 0.3) is 0 Å². The maximum atomic E-state index is 12.8. The SMILES string of the molecule is CC(=O)N1c2ccccc2[C@]2(O)C(=O)C[C@@H](c3ccc(Br)cc3)[C@H]12. The molecule has 1 heterocycles. The standard InChI is InChI=1S/C19H16BrNO3/c1-11(22)21-16-5-3-2-4-15(16)19(24)17(23)10-14(18(19)21)12-6-8-13(20)9-7-12/h2-9,14,18,24H,10H2,1H3/t14-,18-,19-/m0/s1. The van der Waals surface area contributed by atoms with Gasteiger partial charge >= 0.3 is 0 Å². The quantitative estimate of drug-likeness (QED) is 0.820. The van der Waals surface area contributed by atoms with E-state index in [4.69, 9.17) is 0 Å². The molecule has 1 aliphatic carbocycles. The number of rotatable bonds is 1. The predicted octanol–water partition coefficient (Wildman–Crippen LogP) is 3.13. The zero-order valence-corrected chi connectivity index (χ0v) is 14.7. The smallest absolute Gasteiger partial charge is 0.224 e. The molecule has 4 rings (SSSR count). The van der Waals surface area contributed by atoms with E-state index in [0.717, 1.165) is 10.0 Å². The van der Waals surface area contributed by atoms with Gasteiger partial charge in [0.2, 0.25) is 5.91 Å². The molecule has 2 aromatic carbocycles. The fourth-order valence-corrected chi connectivity index (χ4v) is 4.40. The fourth-order valence-electron chi connectivity index (χ4n) is 4.13. The molecule has 1 amide bonds. The molecule has 122 valence electrons. The van der Waals surface area contributed by atoms with E-state index in [9.17, 15) is 14.7 Å². The van der Waals surface area contributed by atoms with Crippen LogP contribution in [0.4, 0.5) is 5.69 Å². The Bertz CT molecular complexity index is 848. The van der Waals surface area contributed by atoms with Crippen molar-refractivity contribution in [3.05, 3.63) is 64.1 Å². The van der Waals surface area contributed by atoms with Crippen LogP contribution in [0.5, 0.6) is 0 Å². The van der Waals surface area contributed by atoms with Gasteiger partial charge in [0.1, 0.15) is 0 Å². The molecule has 5 heteroatoms. The normalized spacial score (nSPS) is 28.0. The molecule has 2 aliphatic rings. The van der Waals surface area contributed by atoms with E-state index in [1.807, 2.05) is 30.3 Å². The molecule has 1 fully saturated rings. The number of ketones is 1. The van der Waals surface area contributed by atoms with E-state index in [1.165, 1.54) is 6.92 Å². The molecule has 0 spiro atoms. The Hall–Kier alpha value is -1.98. The van der Waals surface area contributed by atoms with Gasteiger partial charge in [0.15, 0.2) is 11.4 Å². The van der Waals surface area contributed by atoms with Crippen LogP contribution in [0, 0.1) is 0 Å². The van der Waals surface area contributed by atoms with Crippen molar-refractivity contribution >= 4 is 33.3 Å². The molecule has 0 aromatic heterocycles. The summed E-state index contributed by atoms with van der Waals surface area (Å²) in [4.78, 5) is 26.7. The number of amides is 1. The van der Waals surface area contributed by atoms with Crippen molar-refractivity contribution in [3.8, 4) is 0 Å². The van der Waals surface area contributed by atoms with E-state index >= 15 is 0 Å². The summed E-state index contributed by atoms with van der Waals surface area (Å²) in [5.74, 6) is -0.622. The van der Waals surface area contributed by atoms with Gasteiger partial charge in [-0.05, 0) is 23.8 Å². The Kier molecular flexibility index (Phi) is 3.41. The van der Waals surface area contributed by atoms with E-state index in [-0.39, 0.29) is 24.0 Å². The zero-order chi connectivity index (χ0) is 17.1. The molecule has 3 atom stereocenters. The molecule has 1 N–H and O–H groups in total. The second kappa shape index (κ2) is 5.26. The minimum absolute atomic E-state index is 0.166. The highest BCUT2D eigenvalue weighted by Gasteiger charge is 2.63. The van der Waals surface area contributed by atoms with Crippen LogP contribution in [0.3, 0.4) is 0 Å². The number of Topliss-reactive ketones (excluding diaryl/α,β-unsaturated/α-hetero) is 1. The van der Waals surface area contributed by atoms with Gasteiger partial charge in [-0.1, -0.05) is 46.3 Å². The summed E-state index contributed by atoms with van der Waals surface area (Å²) in [5.41, 5.74) is 0.494. The van der Waals surface area contributed by atoms with Crippen LogP contribution in [-0.4, -0.2) is 22.8 Å². The molecule has 4 nitrogen and oxygen atoms in total. The lowest BCUT2D eigenvalue weighted by Gasteiger charge is -2.31. The van der Waals surface area contributed by atoms with Crippen molar-refractivity contribution in [1.29, 1.82) is 0 Å². The van der Waals surface area contributed by atoms with E-state index in [1.54, 1.807) is 23.1 Å². The van der Waals surface area contributed by atoms with Crippen molar-refractivity contribution in [2.24, 2.45) is 0 Å². The Morgan fingerprint density at radius 1 is 1.21 bits per heavy atom. The first-order valence-electron chi connectivity index (χ1n) is 7.85. The number of halogens is 1. The van der Waals surface area contributed by atoms with Gasteiger partial charge in [-0.3, -0.25) is 9.59 Å². The van der Waals surface area contributed by atoms with E-state index < -0.39 is 11.6 Å². The van der Waals surface area contributed by atoms with Gasteiger partial charge in [0.05, 0.1) is 11.7 Å². The number of nitrogens with zero attached hydrogens (tertiary/aromatic N) is 1. The van der Waals surface area contributed by atoms with Crippen molar-refractivity contribution in [2.45, 2.75) is 30.9 Å². The van der Waals surface area contributed by atoms with Crippen LogP contribution in [-0.2, 0) is 15.2 Å². The number of carbonyl (C=O) groups is 2. The van der Waals surface area contributed by atoms with Crippen molar-refractivity contribution in [1.82, 2.24) is 0 Å². The van der Waals surface area contributed by atoms with E-state index in [0.29, 0.717) is 11.3 Å². The lowest BCUT2D eigenvalue weighted by atomic mass is 9.87. The summed E-state index contributed by atoms with van der Waals surface area (Å²) >= 11 is 3.41. The second-order valence-electron chi connectivity index (χ2n) is 6.40. The lowest BCUT2D eigenvalue weighted by molar-refractivity contribution is -0.134. The fraction of sp³-hybridized carbons (Fsp3) is 0.263. The van der Waals surface area contributed by atoms with Crippen LogP contribution in [0.25, 0.3) is 0 Å². The van der Waals surface area contributed by atoms with Crippen LogP contribution in [0.15, 0.2) is 53.0 Å². The lowest BCUT2D eigenvalue weighted by Crippen LogP contribution is -2.48. The Balaban J connectivity index is 1.90. The average Bonchev–Trinajstić information content (AvgIpc) is 2.98. The molecule has 2 aromatic rings. The first-order chi connectivity index (χ1) is 11.4. The summed E-state index contributed by atoms with van der Waals surface area (Å²) in [5, 5.41) is 11.3. The minimum atomic E-state index is -1.62. The van der Waals surface area contributed by atoms with Crippen LogP contribution in [0.2, 0.25) is 0 Å². The van der Waals surface area contributed by atoms with Gasteiger partial charge < -0.3 is 10.0 Å². The van der Waals surface area contributed by atoms with Crippen molar-refractivity contribution < 1.29 is 14.7 Å². The first kappa shape index (κ1) is 15.5. The predicted molar refractivity (Wildman–Crippen MR) is 93.8 cm³/mol. The van der Waals surface area contributed by atoms with Crippen molar-refractivity contribution in [3.63, 3.8) is 0 Å². The third kappa shape index (κ3) is 1.95. The van der Waals surface area contributed by atoms with Crippen LogP contribution >= 0.6 is 15.9 Å². The maximum absolute atomic E-state index is 12.8. The average molecular weight is 386 g/mol. The van der Waals surface area contributed by atoms with Gasteiger partial charge in [0, 0.05) is 29.3 Å². The molecule has 24 heavy (non-hydrogen) atoms. The molecule has 0 saturated heterocycles. The van der Waals surface area contributed by atoms with Gasteiger partial charge in [-0.2, -0.15) is 0 Å². The summed E-state index contributed by atoms with van der Waals surface area (Å²) in [6, 6.07) is 14.3. The summed E-state index contributed by atoms with van der Waals surface area (Å²) in [6.07, 6.45) is 0.223. The van der Waals surface area contributed by atoms with Crippen molar-refractivity contribution in [2.75, 3.05) is 4.90 Å². The zero-order valence-electron chi connectivity index (χ0n) is 13.1. The third-order valence-corrected chi connectivity index (χ3v) is 5.66. The summed E-state index contributed by atoms with van der Waals surface area (Å²) < 4.78 is 0.948. The highest BCUT2D eigenvalue weighted by Crippen LogP contribution is 2.55. The number of benzene rings is 2. The molecular formula is C19H16BrNO3. The molecule has 0 bridgehead atoms. The highest BCUT2D eigenvalue weighted by atomic mass is 79.9. The monoisotopic (exact) mass is 385 g/mol. The number of carbonyl (C=O) groups excluding carboxylic acids is 2.